The van der Waals surface area contributed by atoms with Gasteiger partial charge in [0.2, 0.25) is 0 Å². The molecule has 0 aromatic heterocycles. The number of rotatable bonds is 5. The zero-order valence-electron chi connectivity index (χ0n) is 9.23. The van der Waals surface area contributed by atoms with Crippen molar-refractivity contribution in [1.82, 2.24) is 5.06 Å². The molecule has 0 radical (unpaired) electrons. The van der Waals surface area contributed by atoms with Crippen LogP contribution in [-0.2, 0) is 11.4 Å². The van der Waals surface area contributed by atoms with Gasteiger partial charge in [0.15, 0.2) is 0 Å². The lowest BCUT2D eigenvalue weighted by atomic mass is 10.2. The highest BCUT2D eigenvalue weighted by molar-refractivity contribution is 5.13. The first kappa shape index (κ1) is 11.2. The summed E-state index contributed by atoms with van der Waals surface area (Å²) in [5.74, 6) is 0. The van der Waals surface area contributed by atoms with Crippen molar-refractivity contribution in [2.75, 3.05) is 7.05 Å². The fourth-order valence-corrected chi connectivity index (χ4v) is 1.13. The smallest absolute Gasteiger partial charge is 0.0935 e. The molecule has 0 heterocycles. The number of hydrogen-bond donors (Lipinski definition) is 0. The van der Waals surface area contributed by atoms with Gasteiger partial charge in [0.1, 0.15) is 0 Å². The van der Waals surface area contributed by atoms with Crippen LogP contribution in [0.15, 0.2) is 30.3 Å². The topological polar surface area (TPSA) is 12.5 Å². The first-order valence-electron chi connectivity index (χ1n) is 5.13. The van der Waals surface area contributed by atoms with Crippen LogP contribution in [0.1, 0.15) is 25.8 Å². The maximum absolute atomic E-state index is 5.61. The molecule has 0 fully saturated rings. The van der Waals surface area contributed by atoms with Crippen molar-refractivity contribution in [2.24, 2.45) is 0 Å². The van der Waals surface area contributed by atoms with E-state index in [1.807, 2.05) is 30.3 Å². The van der Waals surface area contributed by atoms with Gasteiger partial charge in [-0.25, -0.2) is 0 Å². The number of hydrogen-bond acceptors (Lipinski definition) is 2. The lowest BCUT2D eigenvalue weighted by Gasteiger charge is -2.22. The lowest BCUT2D eigenvalue weighted by molar-refractivity contribution is -0.174. The van der Waals surface area contributed by atoms with Crippen LogP contribution in [0, 0.1) is 0 Å². The summed E-state index contributed by atoms with van der Waals surface area (Å²) in [5.41, 5.74) is 1.21. The Hall–Kier alpha value is -0.860. The summed E-state index contributed by atoms with van der Waals surface area (Å²) in [6.07, 6.45) is 1.10. The molecule has 78 valence electrons. The monoisotopic (exact) mass is 193 g/mol. The summed E-state index contributed by atoms with van der Waals surface area (Å²) < 4.78 is 0. The average Bonchev–Trinajstić information content (AvgIpc) is 2.26. The van der Waals surface area contributed by atoms with Crippen LogP contribution in [0.4, 0.5) is 0 Å². The first-order chi connectivity index (χ1) is 6.74. The summed E-state index contributed by atoms with van der Waals surface area (Å²) in [4.78, 5) is 5.61. The summed E-state index contributed by atoms with van der Waals surface area (Å²) >= 11 is 0. The summed E-state index contributed by atoms with van der Waals surface area (Å²) in [5, 5.41) is 1.92. The highest BCUT2D eigenvalue weighted by Gasteiger charge is 2.06. The first-order valence-corrected chi connectivity index (χ1v) is 5.13. The van der Waals surface area contributed by atoms with Crippen LogP contribution < -0.4 is 0 Å². The van der Waals surface area contributed by atoms with Crippen molar-refractivity contribution >= 4 is 0 Å². The molecule has 0 saturated carbocycles. The molecule has 0 aliphatic rings. The summed E-state index contributed by atoms with van der Waals surface area (Å²) in [6.45, 7) is 4.97. The third-order valence-electron chi connectivity index (χ3n) is 2.49. The minimum atomic E-state index is 0.471. The van der Waals surface area contributed by atoms with E-state index in [1.165, 1.54) is 5.56 Å². The number of hydroxylamine groups is 2. The molecule has 0 amide bonds. The molecular formula is C12H19NO. The third kappa shape index (κ3) is 3.48. The van der Waals surface area contributed by atoms with Gasteiger partial charge in [-0.3, -0.25) is 4.84 Å². The van der Waals surface area contributed by atoms with E-state index in [0.717, 1.165) is 6.42 Å². The Bertz CT molecular complexity index is 248. The molecule has 2 heteroatoms. The van der Waals surface area contributed by atoms with E-state index < -0.39 is 0 Å². The van der Waals surface area contributed by atoms with Gasteiger partial charge < -0.3 is 0 Å². The van der Waals surface area contributed by atoms with Gasteiger partial charge in [0.25, 0.3) is 0 Å². The minimum absolute atomic E-state index is 0.471. The number of nitrogens with zero attached hydrogens (tertiary/aromatic N) is 1. The largest absolute Gasteiger partial charge is 0.294 e. The molecule has 0 aliphatic carbocycles. The molecule has 1 rings (SSSR count). The summed E-state index contributed by atoms with van der Waals surface area (Å²) in [7, 11) is 1.98. The Labute approximate surface area is 86.4 Å². The van der Waals surface area contributed by atoms with Gasteiger partial charge in [-0.15, -0.1) is 0 Å². The van der Waals surface area contributed by atoms with Crippen LogP contribution in [0.3, 0.4) is 0 Å². The van der Waals surface area contributed by atoms with Crippen molar-refractivity contribution < 1.29 is 4.84 Å². The van der Waals surface area contributed by atoms with Crippen LogP contribution in [0.5, 0.6) is 0 Å². The van der Waals surface area contributed by atoms with Crippen LogP contribution in [0.25, 0.3) is 0 Å². The van der Waals surface area contributed by atoms with E-state index in [4.69, 9.17) is 4.84 Å². The Morgan fingerprint density at radius 2 is 1.93 bits per heavy atom. The van der Waals surface area contributed by atoms with Gasteiger partial charge in [0, 0.05) is 13.1 Å². The van der Waals surface area contributed by atoms with Crippen molar-refractivity contribution in [3.05, 3.63) is 35.9 Å². The molecule has 0 bridgehead atoms. The quantitative estimate of drug-likeness (QED) is 0.667. The van der Waals surface area contributed by atoms with E-state index in [2.05, 4.69) is 26.0 Å². The molecule has 0 spiro atoms. The predicted molar refractivity (Wildman–Crippen MR) is 58.7 cm³/mol. The van der Waals surface area contributed by atoms with Crippen LogP contribution >= 0.6 is 0 Å². The van der Waals surface area contributed by atoms with E-state index in [0.29, 0.717) is 12.6 Å². The summed E-state index contributed by atoms with van der Waals surface area (Å²) in [6, 6.07) is 10.7. The van der Waals surface area contributed by atoms with Gasteiger partial charge in [-0.05, 0) is 18.9 Å². The Morgan fingerprint density at radius 1 is 1.29 bits per heavy atom. The van der Waals surface area contributed by atoms with Crippen molar-refractivity contribution in [1.29, 1.82) is 0 Å². The second-order valence-corrected chi connectivity index (χ2v) is 3.56. The zero-order valence-corrected chi connectivity index (χ0v) is 9.23. The Kier molecular flexibility index (Phi) is 4.63. The Morgan fingerprint density at radius 3 is 2.50 bits per heavy atom. The second-order valence-electron chi connectivity index (χ2n) is 3.56. The van der Waals surface area contributed by atoms with Crippen molar-refractivity contribution in [2.45, 2.75) is 32.9 Å². The van der Waals surface area contributed by atoms with E-state index in [9.17, 15) is 0 Å². The van der Waals surface area contributed by atoms with Gasteiger partial charge in [-0.2, -0.15) is 5.06 Å². The molecule has 1 aromatic carbocycles. The standard InChI is InChI=1S/C12H19NO/c1-4-11(2)13(3)14-10-12-8-6-5-7-9-12/h5-9,11H,4,10H2,1-3H3. The molecular weight excluding hydrogens is 174 g/mol. The average molecular weight is 193 g/mol. The van der Waals surface area contributed by atoms with Gasteiger partial charge in [-0.1, -0.05) is 37.3 Å². The van der Waals surface area contributed by atoms with E-state index in [-0.39, 0.29) is 0 Å². The normalized spacial score (nSPS) is 13.1. The van der Waals surface area contributed by atoms with E-state index in [1.54, 1.807) is 0 Å². The molecule has 0 N–H and O–H groups in total. The van der Waals surface area contributed by atoms with Gasteiger partial charge in [0.05, 0.1) is 6.61 Å². The Balaban J connectivity index is 2.34. The minimum Gasteiger partial charge on any atom is -0.294 e. The van der Waals surface area contributed by atoms with Gasteiger partial charge >= 0.3 is 0 Å². The lowest BCUT2D eigenvalue weighted by Crippen LogP contribution is -2.28. The SMILES string of the molecule is CCC(C)N(C)OCc1ccccc1. The zero-order chi connectivity index (χ0) is 10.4. The fourth-order valence-electron chi connectivity index (χ4n) is 1.13. The molecule has 1 atom stereocenters. The number of benzene rings is 1. The predicted octanol–water partition coefficient (Wildman–Crippen LogP) is 2.85. The molecule has 0 aliphatic heterocycles. The maximum atomic E-state index is 5.61. The highest BCUT2D eigenvalue weighted by atomic mass is 16.7. The fraction of sp³-hybridized carbons (Fsp3) is 0.500. The molecule has 1 unspecified atom stereocenters. The molecule has 2 nitrogen and oxygen atoms in total. The van der Waals surface area contributed by atoms with Crippen LogP contribution in [-0.4, -0.2) is 18.2 Å². The second kappa shape index (κ2) is 5.78. The highest BCUT2D eigenvalue weighted by Crippen LogP contribution is 2.05. The maximum Gasteiger partial charge on any atom is 0.0935 e. The van der Waals surface area contributed by atoms with Crippen molar-refractivity contribution in [3.63, 3.8) is 0 Å². The van der Waals surface area contributed by atoms with Crippen molar-refractivity contribution in [3.8, 4) is 0 Å². The molecule has 14 heavy (non-hydrogen) atoms. The third-order valence-corrected chi connectivity index (χ3v) is 2.49. The molecule has 0 saturated heterocycles. The molecule has 1 aromatic rings. The van der Waals surface area contributed by atoms with Crippen LogP contribution in [0.2, 0.25) is 0 Å². The van der Waals surface area contributed by atoms with E-state index >= 15 is 0 Å².